The van der Waals surface area contributed by atoms with Crippen LogP contribution in [-0.2, 0) is 47.7 Å². The van der Waals surface area contributed by atoms with Gasteiger partial charge in [-0.25, -0.2) is 6.29 Å². The molecule has 12 N–H and O–H groups in total. The molecular weight excluding hydrogens is 1210 g/mol. The van der Waals surface area contributed by atoms with Gasteiger partial charge >= 0.3 is 59.1 Å². The first-order valence-electron chi connectivity index (χ1n) is 27.6. The number of amides is 5. The van der Waals surface area contributed by atoms with Crippen molar-refractivity contribution in [3.05, 3.63) is 119 Å². The van der Waals surface area contributed by atoms with E-state index in [4.69, 9.17) is 18.9 Å². The van der Waals surface area contributed by atoms with Crippen LogP contribution in [0.2, 0.25) is 0 Å². The molecule has 3 aromatic rings. The van der Waals surface area contributed by atoms with Crippen molar-refractivity contribution in [2.24, 2.45) is 0 Å². The van der Waals surface area contributed by atoms with Crippen LogP contribution in [0, 0.1) is 0 Å². The number of benzene rings is 3. The number of hydrogen-bond donors (Lipinski definition) is 11. The minimum atomic E-state index is -2.57. The Kier molecular flexibility index (Phi) is 37.2. The number of hydrogen-bond acceptors (Lipinski definition) is 22. The number of rotatable bonds is 35. The maximum absolute atomic E-state index is 13.0. The predicted octanol–water partition coefficient (Wildman–Crippen LogP) is -6.85. The number of ketones is 1. The van der Waals surface area contributed by atoms with E-state index in [9.17, 15) is 74.1 Å². The van der Waals surface area contributed by atoms with Crippen LogP contribution in [0.1, 0.15) is 84.2 Å². The van der Waals surface area contributed by atoms with E-state index in [-0.39, 0.29) is 95.9 Å². The molecule has 88 heavy (non-hydrogen) atoms. The summed E-state index contributed by atoms with van der Waals surface area (Å²) in [6.07, 6.45) is -5.99. The van der Waals surface area contributed by atoms with Gasteiger partial charge in [-0.2, -0.15) is 23.5 Å². The quantitative estimate of drug-likeness (QED) is 0.00857. The van der Waals surface area contributed by atoms with E-state index >= 15 is 0 Å². The Morgan fingerprint density at radius 1 is 0.648 bits per heavy atom. The third-order valence-electron chi connectivity index (χ3n) is 13.5. The summed E-state index contributed by atoms with van der Waals surface area (Å²) in [6, 6.07) is 21.5. The van der Waals surface area contributed by atoms with Crippen LogP contribution in [0.15, 0.2) is 97.1 Å². The number of thioether (sulfide) groups is 2. The maximum Gasteiger partial charge on any atom is 1.00 e. The summed E-state index contributed by atoms with van der Waals surface area (Å²) in [6.45, 7) is 1.44. The number of carboxylic acids is 1. The fourth-order valence-corrected chi connectivity index (χ4v) is 10.7. The summed E-state index contributed by atoms with van der Waals surface area (Å²) in [5, 5.41) is 91.1. The summed E-state index contributed by atoms with van der Waals surface area (Å²) >= 11 is 2.95. The molecule has 12 atom stereocenters. The van der Waals surface area contributed by atoms with Gasteiger partial charge < -0.3 is 96.3 Å². The van der Waals surface area contributed by atoms with E-state index in [1.807, 2.05) is 12.1 Å². The second-order valence-electron chi connectivity index (χ2n) is 20.1. The third-order valence-corrected chi connectivity index (χ3v) is 15.7. The smallest absolute Gasteiger partial charge is 0.870 e. The Hall–Kier alpha value is -4.44. The van der Waals surface area contributed by atoms with Crippen LogP contribution in [0.3, 0.4) is 0 Å². The number of Topliss-reactive ketones (excluding diaryl/α,β-unsaturated/α-hetero) is 1. The van der Waals surface area contributed by atoms with Gasteiger partial charge in [0.25, 0.3) is 5.91 Å². The first-order valence-corrected chi connectivity index (χ1v) is 29.9. The Bertz CT molecular complexity index is 2730. The monoisotopic (exact) mass is 1280 g/mol. The number of ether oxygens (including phenoxy) is 4. The number of carboxylic acid groups (broad SMARTS) is 1. The van der Waals surface area contributed by atoms with Crippen molar-refractivity contribution in [2.45, 2.75) is 125 Å². The fraction of sp³-hybridized carbons (Fsp3) is 0.492. The molecule has 0 bridgehead atoms. The summed E-state index contributed by atoms with van der Waals surface area (Å²) in [5.74, 6) is -7.39. The number of aliphatic hydroxyl groups excluding tert-OH is 6. The summed E-state index contributed by atoms with van der Waals surface area (Å²) in [7, 11) is 0. The molecule has 2 aliphatic heterocycles. The van der Waals surface area contributed by atoms with Gasteiger partial charge in [0.15, 0.2) is 5.78 Å². The van der Waals surface area contributed by atoms with Crippen molar-refractivity contribution in [2.75, 3.05) is 55.9 Å². The number of nitrogens with one attached hydrogen (secondary N) is 5. The normalized spacial score (nSPS) is 22.9. The SMILES string of the molecule is CC(=O)N[C@H]1[C@H]([C@H](O)[C@H](O)CNC(=O)/C=C/c2ccccc2)O[C@]([C-]=O)(OCCCSCCNC(=O)c2ccc(C(=O)CCCSCCCO[C@]3(C(=O)[O-])C[C@H](O)[C@@H](NC(C)=O)[C@H]([C@H](O)[C@H](O)CNC(=O)/C=C/c4ccccc4)O3)cc2)C[C@@H]1O.[Na+].[Na+].[OH-]. The van der Waals surface area contributed by atoms with Gasteiger partial charge in [0.05, 0.1) is 48.9 Å². The molecule has 472 valence electrons. The molecule has 2 aliphatic rings. The molecule has 3 aromatic carbocycles. The van der Waals surface area contributed by atoms with Gasteiger partial charge in [-0.05, 0) is 71.9 Å². The Balaban J connectivity index is 0.00000880. The molecule has 2 saturated heterocycles. The first kappa shape index (κ1) is 79.7. The van der Waals surface area contributed by atoms with Crippen molar-refractivity contribution >= 4 is 83.3 Å². The number of aliphatic carboxylic acids is 1. The van der Waals surface area contributed by atoms with E-state index in [1.165, 1.54) is 48.7 Å². The number of aliphatic hydroxyl groups is 6. The summed E-state index contributed by atoms with van der Waals surface area (Å²) in [4.78, 5) is 99.5. The molecule has 2 heterocycles. The maximum atomic E-state index is 13.0. The second-order valence-corrected chi connectivity index (χ2v) is 22.6. The molecule has 0 aliphatic carbocycles. The van der Waals surface area contributed by atoms with Crippen LogP contribution in [-0.4, -0.2) is 212 Å². The van der Waals surface area contributed by atoms with Crippen molar-refractivity contribution < 1.29 is 158 Å². The number of carbonyl (C=O) groups is 7. The zero-order chi connectivity index (χ0) is 61.9. The van der Waals surface area contributed by atoms with Crippen molar-refractivity contribution in [1.82, 2.24) is 26.6 Å². The van der Waals surface area contributed by atoms with Crippen molar-refractivity contribution in [3.63, 3.8) is 0 Å². The Morgan fingerprint density at radius 3 is 1.59 bits per heavy atom. The molecule has 0 aromatic heterocycles. The van der Waals surface area contributed by atoms with Crippen molar-refractivity contribution in [3.8, 4) is 0 Å². The fourth-order valence-electron chi connectivity index (χ4n) is 9.09. The molecular formula is C59H76N5Na2O20S2-. The molecule has 0 unspecified atom stereocenters. The Morgan fingerprint density at radius 2 is 1.10 bits per heavy atom. The van der Waals surface area contributed by atoms with Gasteiger partial charge in [-0.1, -0.05) is 72.8 Å². The molecule has 25 nitrogen and oxygen atoms in total. The van der Waals surface area contributed by atoms with E-state index in [2.05, 4.69) is 26.6 Å². The largest absolute Gasteiger partial charge is 1.00 e. The van der Waals surface area contributed by atoms with Gasteiger partial charge in [0.1, 0.15) is 30.4 Å². The van der Waals surface area contributed by atoms with Crippen LogP contribution in [0.5, 0.6) is 0 Å². The van der Waals surface area contributed by atoms with Gasteiger partial charge in [0, 0.05) is 88.4 Å². The zero-order valence-corrected chi connectivity index (χ0v) is 55.2. The predicted molar refractivity (Wildman–Crippen MR) is 313 cm³/mol. The Labute approximate surface area is 563 Å². The molecule has 5 rings (SSSR count). The van der Waals surface area contributed by atoms with Gasteiger partial charge in [0.2, 0.25) is 29.4 Å². The molecule has 0 saturated carbocycles. The molecule has 5 amide bonds. The molecule has 2 fully saturated rings. The van der Waals surface area contributed by atoms with E-state index in [0.717, 1.165) is 18.1 Å². The van der Waals surface area contributed by atoms with Crippen LogP contribution in [0.25, 0.3) is 12.2 Å². The van der Waals surface area contributed by atoms with Crippen LogP contribution in [0.4, 0.5) is 0 Å². The van der Waals surface area contributed by atoms with Crippen LogP contribution >= 0.6 is 23.5 Å². The van der Waals surface area contributed by atoms with E-state index in [1.54, 1.807) is 85.2 Å². The third kappa shape index (κ3) is 26.0. The van der Waals surface area contributed by atoms with E-state index in [0.29, 0.717) is 59.9 Å². The first-order chi connectivity index (χ1) is 40.7. The average molecular weight is 1290 g/mol. The minimum absolute atomic E-state index is 0. The topological polar surface area (TPSA) is 408 Å². The second kappa shape index (κ2) is 41.1. The molecule has 29 heteroatoms. The summed E-state index contributed by atoms with van der Waals surface area (Å²) < 4.78 is 23.0. The average Bonchev–Trinajstić information content (AvgIpc) is 1.26. The van der Waals surface area contributed by atoms with E-state index < -0.39 is 128 Å². The van der Waals surface area contributed by atoms with Crippen molar-refractivity contribution in [1.29, 1.82) is 0 Å². The minimum Gasteiger partial charge on any atom is -0.870 e. The standard InChI is InChI=1S/C59H76N5O19S2.2Na.H2O/c1-37(66)63-50-44(69)32-58(36-65,82-54(50)52(75)46(71)34-61-48(73)23-17-39-12-5-3-6-13-39)80-26-10-30-85-31-25-60-56(77)42-21-19-41(20-22-42)43(68)16-9-28-84-29-11-27-81-59(57(78)79)33-45(70)51(64-38(2)67)55(83-59)53(76)47(72)35-62-49(74)24-18-40-14-7-4-8-15-40;;;/h3-8,12-15,17-24,44-47,50-55,69-72,75-76H,9-11,16,25-35H2,1-2H3,(H,60,77)(H,61,73)(H,62,74)(H,63,66)(H,64,67)(H,78,79);;;1H2/q-1;2*+1;/p-2/b23-17+,24-18+;;;/t44-,45-,46+,47+,50+,51+,52+,53+,54+,55+,58+,59+;;;/m0.../s1. The molecule has 0 spiro atoms. The summed E-state index contributed by atoms with van der Waals surface area (Å²) in [5.41, 5.74) is 2.26. The zero-order valence-electron chi connectivity index (χ0n) is 49.5. The molecule has 0 radical (unpaired) electrons. The van der Waals surface area contributed by atoms with Gasteiger partial charge in [-0.3, -0.25) is 28.8 Å². The van der Waals surface area contributed by atoms with Gasteiger partial charge in [-0.15, -0.1) is 0 Å². The number of carbonyl (C=O) groups excluding carboxylic acids is 8. The van der Waals surface area contributed by atoms with Crippen LogP contribution < -0.4 is 90.8 Å².